The van der Waals surface area contributed by atoms with Crippen molar-refractivity contribution >= 4 is 17.6 Å². The predicted molar refractivity (Wildman–Crippen MR) is 126 cm³/mol. The summed E-state index contributed by atoms with van der Waals surface area (Å²) in [4.78, 5) is 26.6. The first-order chi connectivity index (χ1) is 15.5. The summed E-state index contributed by atoms with van der Waals surface area (Å²) in [6, 6.07) is 20.1. The van der Waals surface area contributed by atoms with E-state index in [1.807, 2.05) is 59.3 Å². The molecule has 0 bridgehead atoms. The highest BCUT2D eigenvalue weighted by Gasteiger charge is 2.27. The van der Waals surface area contributed by atoms with E-state index < -0.39 is 0 Å². The molecule has 6 heteroatoms. The molecule has 0 unspecified atom stereocenters. The molecule has 3 aromatic rings. The molecule has 0 radical (unpaired) electrons. The standard InChI is InChI=1S/C26H28N4O2/c1-3-25(31)29-15-13-21(14-16-29)26(32)27-24-17-23(22-12-8-7-9-19(22)2)28-30(24)18-20-10-5-4-6-11-20/h3-12,17,21H,1,13-16,18H2,2H3,(H,27,32). The van der Waals surface area contributed by atoms with E-state index in [2.05, 4.69) is 24.9 Å². The number of carbonyl (C=O) groups is 2. The van der Waals surface area contributed by atoms with E-state index in [-0.39, 0.29) is 17.7 Å². The Balaban J connectivity index is 1.55. The molecule has 2 amide bonds. The average molecular weight is 429 g/mol. The third kappa shape index (κ3) is 4.80. The van der Waals surface area contributed by atoms with Gasteiger partial charge in [0.15, 0.2) is 0 Å². The van der Waals surface area contributed by atoms with Gasteiger partial charge in [0.25, 0.3) is 0 Å². The van der Waals surface area contributed by atoms with Gasteiger partial charge >= 0.3 is 0 Å². The second-order valence-electron chi connectivity index (χ2n) is 8.17. The van der Waals surface area contributed by atoms with Gasteiger partial charge in [0.1, 0.15) is 5.82 Å². The summed E-state index contributed by atoms with van der Waals surface area (Å²) in [7, 11) is 0. The Bertz CT molecular complexity index is 1110. The topological polar surface area (TPSA) is 67.2 Å². The van der Waals surface area contributed by atoms with Gasteiger partial charge in [-0.2, -0.15) is 5.10 Å². The minimum absolute atomic E-state index is 0.0266. The molecular weight excluding hydrogens is 400 g/mol. The molecule has 0 aliphatic carbocycles. The molecule has 0 spiro atoms. The molecule has 1 aromatic heterocycles. The highest BCUT2D eigenvalue weighted by atomic mass is 16.2. The molecule has 1 aliphatic heterocycles. The van der Waals surface area contributed by atoms with Crippen molar-refractivity contribution in [3.63, 3.8) is 0 Å². The monoisotopic (exact) mass is 428 g/mol. The van der Waals surface area contributed by atoms with Crippen LogP contribution in [-0.2, 0) is 16.1 Å². The van der Waals surface area contributed by atoms with Crippen LogP contribution >= 0.6 is 0 Å². The Hall–Kier alpha value is -3.67. The fraction of sp³-hybridized carbons (Fsp3) is 0.269. The second kappa shape index (κ2) is 9.64. The molecule has 1 fully saturated rings. The number of likely N-dealkylation sites (tertiary alicyclic amines) is 1. The summed E-state index contributed by atoms with van der Waals surface area (Å²) in [5, 5.41) is 7.93. The van der Waals surface area contributed by atoms with Crippen LogP contribution in [0.4, 0.5) is 5.82 Å². The average Bonchev–Trinajstić information content (AvgIpc) is 3.21. The van der Waals surface area contributed by atoms with E-state index in [0.717, 1.165) is 22.4 Å². The second-order valence-corrected chi connectivity index (χ2v) is 8.17. The third-order valence-corrected chi connectivity index (χ3v) is 5.98. The SMILES string of the molecule is C=CC(=O)N1CCC(C(=O)Nc2cc(-c3ccccc3C)nn2Cc2ccccc2)CC1. The predicted octanol–water partition coefficient (Wildman–Crippen LogP) is 4.27. The number of rotatable bonds is 6. The quantitative estimate of drug-likeness (QED) is 0.596. The zero-order valence-electron chi connectivity index (χ0n) is 18.3. The van der Waals surface area contributed by atoms with Gasteiger partial charge in [0, 0.05) is 30.6 Å². The van der Waals surface area contributed by atoms with Gasteiger partial charge in [-0.1, -0.05) is 61.2 Å². The van der Waals surface area contributed by atoms with Gasteiger partial charge in [-0.25, -0.2) is 4.68 Å². The molecule has 1 saturated heterocycles. The summed E-state index contributed by atoms with van der Waals surface area (Å²) in [5.41, 5.74) is 4.12. The minimum atomic E-state index is -0.133. The number of aromatic nitrogens is 2. The molecule has 2 aromatic carbocycles. The molecule has 1 N–H and O–H groups in total. The zero-order chi connectivity index (χ0) is 22.5. The van der Waals surface area contributed by atoms with Crippen LogP contribution in [0.1, 0.15) is 24.0 Å². The Morgan fingerprint density at radius 1 is 1.09 bits per heavy atom. The Kier molecular flexibility index (Phi) is 6.50. The maximum atomic E-state index is 13.1. The van der Waals surface area contributed by atoms with Gasteiger partial charge in [-0.15, -0.1) is 0 Å². The van der Waals surface area contributed by atoms with Gasteiger partial charge in [-0.3, -0.25) is 9.59 Å². The summed E-state index contributed by atoms with van der Waals surface area (Å²) in [6.45, 7) is 7.31. The van der Waals surface area contributed by atoms with Crippen molar-refractivity contribution in [1.29, 1.82) is 0 Å². The summed E-state index contributed by atoms with van der Waals surface area (Å²) < 4.78 is 1.85. The number of nitrogens with one attached hydrogen (secondary N) is 1. The lowest BCUT2D eigenvalue weighted by Crippen LogP contribution is -2.40. The number of aryl methyl sites for hydroxylation is 1. The van der Waals surface area contributed by atoms with Gasteiger partial charge < -0.3 is 10.2 Å². The number of anilines is 1. The van der Waals surface area contributed by atoms with E-state index in [4.69, 9.17) is 5.10 Å². The van der Waals surface area contributed by atoms with Crippen LogP contribution in [0, 0.1) is 12.8 Å². The number of nitrogens with zero attached hydrogens (tertiary/aromatic N) is 3. The van der Waals surface area contributed by atoms with Crippen LogP contribution < -0.4 is 5.32 Å². The van der Waals surface area contributed by atoms with Crippen molar-refractivity contribution in [2.75, 3.05) is 18.4 Å². The Morgan fingerprint density at radius 2 is 1.78 bits per heavy atom. The first-order valence-electron chi connectivity index (χ1n) is 10.9. The fourth-order valence-electron chi connectivity index (χ4n) is 4.11. The van der Waals surface area contributed by atoms with Crippen LogP contribution in [0.25, 0.3) is 11.3 Å². The Labute approximate surface area is 188 Å². The molecule has 164 valence electrons. The molecule has 0 atom stereocenters. The molecule has 32 heavy (non-hydrogen) atoms. The van der Waals surface area contributed by atoms with Crippen LogP contribution in [0.2, 0.25) is 0 Å². The number of carbonyl (C=O) groups excluding carboxylic acids is 2. The summed E-state index contributed by atoms with van der Waals surface area (Å²) >= 11 is 0. The van der Waals surface area contributed by atoms with Crippen molar-refractivity contribution in [2.24, 2.45) is 5.92 Å². The molecule has 0 saturated carbocycles. The van der Waals surface area contributed by atoms with Crippen LogP contribution in [-0.4, -0.2) is 39.6 Å². The highest BCUT2D eigenvalue weighted by Crippen LogP contribution is 2.27. The van der Waals surface area contributed by atoms with Gasteiger partial charge in [-0.05, 0) is 37.0 Å². The first-order valence-corrected chi connectivity index (χ1v) is 10.9. The Morgan fingerprint density at radius 3 is 2.47 bits per heavy atom. The normalized spacial score (nSPS) is 14.2. The number of hydrogen-bond donors (Lipinski definition) is 1. The van der Waals surface area contributed by atoms with Crippen LogP contribution in [0.3, 0.4) is 0 Å². The van der Waals surface area contributed by atoms with Crippen LogP contribution in [0.5, 0.6) is 0 Å². The smallest absolute Gasteiger partial charge is 0.245 e. The zero-order valence-corrected chi connectivity index (χ0v) is 18.3. The van der Waals surface area contributed by atoms with Crippen molar-refractivity contribution in [2.45, 2.75) is 26.3 Å². The number of benzene rings is 2. The third-order valence-electron chi connectivity index (χ3n) is 5.98. The van der Waals surface area contributed by atoms with E-state index in [9.17, 15) is 9.59 Å². The van der Waals surface area contributed by atoms with E-state index in [0.29, 0.717) is 38.3 Å². The van der Waals surface area contributed by atoms with E-state index >= 15 is 0 Å². The minimum Gasteiger partial charge on any atom is -0.339 e. The maximum Gasteiger partial charge on any atom is 0.245 e. The molecule has 2 heterocycles. The number of hydrogen-bond acceptors (Lipinski definition) is 3. The highest BCUT2D eigenvalue weighted by molar-refractivity contribution is 5.93. The van der Waals surface area contributed by atoms with Crippen molar-refractivity contribution in [1.82, 2.24) is 14.7 Å². The van der Waals surface area contributed by atoms with E-state index in [1.54, 1.807) is 4.90 Å². The number of amides is 2. The van der Waals surface area contributed by atoms with Crippen molar-refractivity contribution in [3.8, 4) is 11.3 Å². The van der Waals surface area contributed by atoms with Gasteiger partial charge in [0.05, 0.1) is 12.2 Å². The lowest BCUT2D eigenvalue weighted by molar-refractivity contribution is -0.130. The lowest BCUT2D eigenvalue weighted by atomic mass is 9.96. The fourth-order valence-corrected chi connectivity index (χ4v) is 4.11. The number of piperidine rings is 1. The van der Waals surface area contributed by atoms with Crippen LogP contribution in [0.15, 0.2) is 73.3 Å². The molecule has 6 nitrogen and oxygen atoms in total. The summed E-state index contributed by atoms with van der Waals surface area (Å²) in [5.74, 6) is 0.446. The summed E-state index contributed by atoms with van der Waals surface area (Å²) in [6.07, 6.45) is 2.61. The van der Waals surface area contributed by atoms with Gasteiger partial charge in [0.2, 0.25) is 11.8 Å². The maximum absolute atomic E-state index is 13.1. The van der Waals surface area contributed by atoms with Crippen molar-refractivity contribution in [3.05, 3.63) is 84.4 Å². The molecule has 4 rings (SSSR count). The molecular formula is C26H28N4O2. The van der Waals surface area contributed by atoms with E-state index in [1.165, 1.54) is 6.08 Å². The largest absolute Gasteiger partial charge is 0.339 e. The molecule has 1 aliphatic rings. The lowest BCUT2D eigenvalue weighted by Gasteiger charge is -2.30. The van der Waals surface area contributed by atoms with Crippen molar-refractivity contribution < 1.29 is 9.59 Å². The first kappa shape index (κ1) is 21.6.